The smallest absolute Gasteiger partial charge is 0.272 e. The first-order chi connectivity index (χ1) is 7.74. The zero-order chi connectivity index (χ0) is 11.1. The Morgan fingerprint density at radius 3 is 2.81 bits per heavy atom. The molecule has 0 aliphatic heterocycles. The minimum Gasteiger partial charge on any atom is -0.293 e. The van der Waals surface area contributed by atoms with E-state index in [1.165, 1.54) is 17.5 Å². The van der Waals surface area contributed by atoms with Gasteiger partial charge in [0.05, 0.1) is 5.69 Å². The number of aromatic amines is 1. The highest BCUT2D eigenvalue weighted by atomic mass is 16.1. The molecule has 2 heterocycles. The molecule has 0 spiro atoms. The van der Waals surface area contributed by atoms with Gasteiger partial charge in [-0.1, -0.05) is 0 Å². The first-order valence-electron chi connectivity index (χ1n) is 5.37. The molecule has 0 bridgehead atoms. The monoisotopic (exact) mass is 216 g/mol. The van der Waals surface area contributed by atoms with Gasteiger partial charge in [0.25, 0.3) is 5.56 Å². The van der Waals surface area contributed by atoms with Crippen molar-refractivity contribution in [2.24, 2.45) is 0 Å². The lowest BCUT2D eigenvalue weighted by atomic mass is 10.3. The van der Waals surface area contributed by atoms with Crippen molar-refractivity contribution in [3.8, 4) is 5.82 Å². The Hall–Kier alpha value is -1.91. The van der Waals surface area contributed by atoms with Crippen molar-refractivity contribution in [3.63, 3.8) is 0 Å². The topological polar surface area (TPSA) is 63.6 Å². The average Bonchev–Trinajstić information content (AvgIpc) is 3.04. The van der Waals surface area contributed by atoms with Crippen LogP contribution in [-0.4, -0.2) is 20.0 Å². The number of aromatic nitrogens is 4. The van der Waals surface area contributed by atoms with Crippen molar-refractivity contribution in [1.82, 2.24) is 20.0 Å². The lowest BCUT2D eigenvalue weighted by Gasteiger charge is -1.99. The first-order valence-corrected chi connectivity index (χ1v) is 5.37. The molecule has 1 saturated carbocycles. The van der Waals surface area contributed by atoms with Crippen LogP contribution in [0.3, 0.4) is 0 Å². The zero-order valence-corrected chi connectivity index (χ0v) is 8.97. The number of nitrogens with zero attached hydrogens (tertiary/aromatic N) is 3. The second-order valence-electron chi connectivity index (χ2n) is 4.19. The minimum absolute atomic E-state index is 0.0694. The van der Waals surface area contributed by atoms with Crippen LogP contribution in [0, 0.1) is 6.92 Å². The van der Waals surface area contributed by atoms with Crippen molar-refractivity contribution >= 4 is 0 Å². The number of nitrogens with one attached hydrogen (secondary N) is 1. The Morgan fingerprint density at radius 1 is 1.38 bits per heavy atom. The third-order valence-electron chi connectivity index (χ3n) is 2.77. The number of H-pyrrole nitrogens is 1. The lowest BCUT2D eigenvalue weighted by molar-refractivity contribution is 0.766. The summed E-state index contributed by atoms with van der Waals surface area (Å²) in [6.45, 7) is 1.86. The number of hydrogen-bond donors (Lipinski definition) is 1. The zero-order valence-electron chi connectivity index (χ0n) is 8.97. The maximum absolute atomic E-state index is 11.7. The molecule has 0 unspecified atom stereocenters. The van der Waals surface area contributed by atoms with Crippen molar-refractivity contribution in [2.75, 3.05) is 0 Å². The van der Waals surface area contributed by atoms with Gasteiger partial charge in [-0.05, 0) is 31.9 Å². The van der Waals surface area contributed by atoms with Gasteiger partial charge in [-0.3, -0.25) is 9.89 Å². The average molecular weight is 216 g/mol. The van der Waals surface area contributed by atoms with Crippen molar-refractivity contribution < 1.29 is 0 Å². The van der Waals surface area contributed by atoms with Crippen molar-refractivity contribution in [3.05, 3.63) is 39.9 Å². The normalized spacial score (nSPS) is 15.3. The molecule has 3 rings (SSSR count). The van der Waals surface area contributed by atoms with E-state index >= 15 is 0 Å². The summed E-state index contributed by atoms with van der Waals surface area (Å²) in [7, 11) is 0. The summed E-state index contributed by atoms with van der Waals surface area (Å²) in [5.41, 5.74) is 1.78. The van der Waals surface area contributed by atoms with E-state index in [1.807, 2.05) is 13.0 Å². The van der Waals surface area contributed by atoms with Crippen LogP contribution < -0.4 is 5.56 Å². The fraction of sp³-hybridized carbons (Fsp3) is 0.364. The third kappa shape index (κ3) is 1.54. The van der Waals surface area contributed by atoms with Gasteiger partial charge in [0.15, 0.2) is 5.82 Å². The molecule has 0 atom stereocenters. The summed E-state index contributed by atoms with van der Waals surface area (Å²) in [6, 6.07) is 5.28. The Bertz CT molecular complexity index is 562. The van der Waals surface area contributed by atoms with Crippen molar-refractivity contribution in [2.45, 2.75) is 25.7 Å². The molecular formula is C11H12N4O. The Labute approximate surface area is 92.1 Å². The van der Waals surface area contributed by atoms with E-state index in [0.29, 0.717) is 11.7 Å². The molecular weight excluding hydrogens is 204 g/mol. The standard InChI is InChI=1S/C11H12N4O/c1-7-2-5-10(13-12-7)15-11(16)6-9(14-15)8-3-4-8/h2,5-6,8,14H,3-4H2,1H3. The lowest BCUT2D eigenvalue weighted by Crippen LogP contribution is -2.15. The molecule has 16 heavy (non-hydrogen) atoms. The summed E-state index contributed by atoms with van der Waals surface area (Å²) < 4.78 is 1.44. The predicted molar refractivity (Wildman–Crippen MR) is 58.7 cm³/mol. The highest BCUT2D eigenvalue weighted by Gasteiger charge is 2.26. The summed E-state index contributed by atoms with van der Waals surface area (Å²) >= 11 is 0. The van der Waals surface area contributed by atoms with Crippen LogP contribution in [0.5, 0.6) is 0 Å². The summed E-state index contributed by atoms with van der Waals surface area (Å²) in [5, 5.41) is 11.0. The van der Waals surface area contributed by atoms with Gasteiger partial charge in [0.2, 0.25) is 0 Å². The molecule has 1 N–H and O–H groups in total. The second kappa shape index (κ2) is 3.30. The molecule has 0 radical (unpaired) electrons. The number of rotatable bonds is 2. The van der Waals surface area contributed by atoms with E-state index in [0.717, 1.165) is 11.4 Å². The summed E-state index contributed by atoms with van der Waals surface area (Å²) in [5.74, 6) is 1.08. The van der Waals surface area contributed by atoms with Gasteiger partial charge in [0, 0.05) is 17.7 Å². The van der Waals surface area contributed by atoms with Gasteiger partial charge in [-0.25, -0.2) is 0 Å². The molecule has 1 aliphatic carbocycles. The van der Waals surface area contributed by atoms with E-state index < -0.39 is 0 Å². The van der Waals surface area contributed by atoms with Crippen LogP contribution in [0.1, 0.15) is 30.1 Å². The van der Waals surface area contributed by atoms with E-state index in [9.17, 15) is 4.79 Å². The fourth-order valence-corrected chi connectivity index (χ4v) is 1.70. The molecule has 0 aromatic carbocycles. The molecule has 2 aromatic rings. The van der Waals surface area contributed by atoms with Crippen molar-refractivity contribution in [1.29, 1.82) is 0 Å². The Balaban J connectivity index is 2.05. The quantitative estimate of drug-likeness (QED) is 0.818. The molecule has 82 valence electrons. The maximum Gasteiger partial charge on any atom is 0.272 e. The van der Waals surface area contributed by atoms with E-state index in [4.69, 9.17) is 0 Å². The van der Waals surface area contributed by atoms with E-state index in [2.05, 4.69) is 15.3 Å². The van der Waals surface area contributed by atoms with Crippen LogP contribution in [0.25, 0.3) is 5.82 Å². The molecule has 0 amide bonds. The summed E-state index contributed by atoms with van der Waals surface area (Å²) in [4.78, 5) is 11.7. The van der Waals surface area contributed by atoms with Crippen LogP contribution in [-0.2, 0) is 0 Å². The highest BCUT2D eigenvalue weighted by Crippen LogP contribution is 2.38. The molecule has 1 fully saturated rings. The van der Waals surface area contributed by atoms with Crippen LogP contribution in [0.4, 0.5) is 0 Å². The van der Waals surface area contributed by atoms with Gasteiger partial charge in [0.1, 0.15) is 0 Å². The highest BCUT2D eigenvalue weighted by molar-refractivity contribution is 5.23. The number of hydrogen-bond acceptors (Lipinski definition) is 3. The van der Waals surface area contributed by atoms with E-state index in [-0.39, 0.29) is 5.56 Å². The number of aryl methyl sites for hydroxylation is 1. The van der Waals surface area contributed by atoms with Gasteiger partial charge < -0.3 is 0 Å². The Kier molecular flexibility index (Phi) is 1.92. The van der Waals surface area contributed by atoms with Gasteiger partial charge >= 0.3 is 0 Å². The SMILES string of the molecule is Cc1ccc(-n2[nH]c(C3CC3)cc2=O)nn1. The summed E-state index contributed by atoms with van der Waals surface area (Å²) in [6.07, 6.45) is 2.33. The van der Waals surface area contributed by atoms with E-state index in [1.54, 1.807) is 12.1 Å². The minimum atomic E-state index is -0.0694. The molecule has 5 nitrogen and oxygen atoms in total. The first kappa shape index (κ1) is 9.33. The Morgan fingerprint density at radius 2 is 2.19 bits per heavy atom. The molecule has 5 heteroatoms. The van der Waals surface area contributed by atoms with Crippen LogP contribution in [0.15, 0.2) is 23.0 Å². The van der Waals surface area contributed by atoms with Crippen LogP contribution in [0.2, 0.25) is 0 Å². The molecule has 0 saturated heterocycles. The predicted octanol–water partition coefficient (Wildman–Crippen LogP) is 1.14. The van der Waals surface area contributed by atoms with Gasteiger partial charge in [-0.15, -0.1) is 5.10 Å². The van der Waals surface area contributed by atoms with Gasteiger partial charge in [-0.2, -0.15) is 9.78 Å². The maximum atomic E-state index is 11.7. The molecule has 1 aliphatic rings. The molecule has 2 aromatic heterocycles. The second-order valence-corrected chi connectivity index (χ2v) is 4.19. The van der Waals surface area contributed by atoms with Crippen LogP contribution >= 0.6 is 0 Å². The largest absolute Gasteiger partial charge is 0.293 e. The third-order valence-corrected chi connectivity index (χ3v) is 2.77. The fourth-order valence-electron chi connectivity index (χ4n) is 1.70.